The standard InChI is InChI=1S/C17H16F2N2O4S/c1-11(12-5-4-6-13(9-12)21(23)24)26-10-16(22)20-14-7-2-3-8-15(14)25-17(18)19/h2-9,11,17H,10H2,1H3,(H,20,22)/t11-/m1/s1. The first-order valence-corrected chi connectivity index (χ1v) is 8.61. The number of thioether (sulfide) groups is 1. The zero-order chi connectivity index (χ0) is 19.1. The highest BCUT2D eigenvalue weighted by Gasteiger charge is 2.15. The molecule has 1 atom stereocenters. The summed E-state index contributed by atoms with van der Waals surface area (Å²) in [6.45, 7) is -1.17. The Bertz CT molecular complexity index is 789. The number of para-hydroxylation sites is 2. The summed E-state index contributed by atoms with van der Waals surface area (Å²) in [4.78, 5) is 22.4. The van der Waals surface area contributed by atoms with E-state index in [1.54, 1.807) is 18.2 Å². The zero-order valence-corrected chi connectivity index (χ0v) is 14.5. The molecule has 26 heavy (non-hydrogen) atoms. The fraction of sp³-hybridized carbons (Fsp3) is 0.235. The minimum absolute atomic E-state index is 0.0162. The maximum Gasteiger partial charge on any atom is 0.387 e. The van der Waals surface area contributed by atoms with Crippen molar-refractivity contribution in [2.45, 2.75) is 18.8 Å². The Morgan fingerprint density at radius 1 is 1.27 bits per heavy atom. The van der Waals surface area contributed by atoms with Crippen molar-refractivity contribution in [1.82, 2.24) is 0 Å². The molecule has 1 N–H and O–H groups in total. The minimum atomic E-state index is -2.99. The summed E-state index contributed by atoms with van der Waals surface area (Å²) in [5, 5.41) is 13.2. The van der Waals surface area contributed by atoms with Crippen LogP contribution in [-0.2, 0) is 4.79 Å². The normalized spacial score (nSPS) is 11.8. The Morgan fingerprint density at radius 3 is 2.69 bits per heavy atom. The molecular weight excluding hydrogens is 366 g/mol. The topological polar surface area (TPSA) is 81.5 Å². The van der Waals surface area contributed by atoms with Crippen molar-refractivity contribution in [3.05, 3.63) is 64.2 Å². The lowest BCUT2D eigenvalue weighted by molar-refractivity contribution is -0.384. The summed E-state index contributed by atoms with van der Waals surface area (Å²) < 4.78 is 29.1. The Balaban J connectivity index is 1.95. The maximum atomic E-state index is 12.4. The van der Waals surface area contributed by atoms with Gasteiger partial charge >= 0.3 is 6.61 Å². The van der Waals surface area contributed by atoms with Gasteiger partial charge in [-0.15, -0.1) is 11.8 Å². The molecule has 0 aliphatic carbocycles. The molecule has 0 bridgehead atoms. The van der Waals surface area contributed by atoms with Gasteiger partial charge in [0.2, 0.25) is 5.91 Å². The number of halogens is 2. The van der Waals surface area contributed by atoms with Crippen LogP contribution in [0.3, 0.4) is 0 Å². The number of nitro groups is 1. The van der Waals surface area contributed by atoms with E-state index in [1.165, 1.54) is 42.1 Å². The number of carbonyl (C=O) groups excluding carboxylic acids is 1. The zero-order valence-electron chi connectivity index (χ0n) is 13.7. The molecule has 0 spiro atoms. The van der Waals surface area contributed by atoms with Gasteiger partial charge in [0.05, 0.1) is 16.4 Å². The Labute approximate surface area is 152 Å². The van der Waals surface area contributed by atoms with Crippen LogP contribution >= 0.6 is 11.8 Å². The van der Waals surface area contributed by atoms with Crippen molar-refractivity contribution in [3.63, 3.8) is 0 Å². The second-order valence-electron chi connectivity index (χ2n) is 5.23. The third-order valence-corrected chi connectivity index (χ3v) is 4.59. The van der Waals surface area contributed by atoms with E-state index in [0.29, 0.717) is 0 Å². The minimum Gasteiger partial charge on any atom is -0.433 e. The summed E-state index contributed by atoms with van der Waals surface area (Å²) >= 11 is 1.27. The molecule has 0 heterocycles. The molecule has 138 valence electrons. The Kier molecular flexibility index (Phi) is 6.90. The fourth-order valence-corrected chi connectivity index (χ4v) is 2.96. The molecule has 0 aromatic heterocycles. The molecule has 0 aliphatic heterocycles. The van der Waals surface area contributed by atoms with E-state index in [-0.39, 0.29) is 28.1 Å². The molecule has 2 aromatic carbocycles. The average Bonchev–Trinajstić information content (AvgIpc) is 2.61. The van der Waals surface area contributed by atoms with E-state index in [2.05, 4.69) is 10.1 Å². The first kappa shape index (κ1) is 19.6. The molecule has 0 aliphatic rings. The number of ether oxygens (including phenoxy) is 1. The van der Waals surface area contributed by atoms with Gasteiger partial charge in [0.1, 0.15) is 5.75 Å². The lowest BCUT2D eigenvalue weighted by atomic mass is 10.1. The van der Waals surface area contributed by atoms with E-state index >= 15 is 0 Å². The second-order valence-corrected chi connectivity index (χ2v) is 6.56. The van der Waals surface area contributed by atoms with Crippen LogP contribution in [0.15, 0.2) is 48.5 Å². The van der Waals surface area contributed by atoms with Crippen LogP contribution in [0.25, 0.3) is 0 Å². The molecule has 1 amide bonds. The van der Waals surface area contributed by atoms with Crippen LogP contribution in [0.4, 0.5) is 20.2 Å². The van der Waals surface area contributed by atoms with E-state index < -0.39 is 17.4 Å². The summed E-state index contributed by atoms with van der Waals surface area (Å²) in [5.74, 6) is -0.461. The third-order valence-electron chi connectivity index (χ3n) is 3.39. The van der Waals surface area contributed by atoms with Crippen LogP contribution in [0.2, 0.25) is 0 Å². The molecule has 0 fully saturated rings. The molecule has 0 unspecified atom stereocenters. The molecular formula is C17H16F2N2O4S. The van der Waals surface area contributed by atoms with Gasteiger partial charge in [0.25, 0.3) is 5.69 Å². The van der Waals surface area contributed by atoms with Crippen LogP contribution in [-0.4, -0.2) is 23.2 Å². The number of hydrogen-bond donors (Lipinski definition) is 1. The molecule has 2 aromatic rings. The highest BCUT2D eigenvalue weighted by molar-refractivity contribution is 8.00. The van der Waals surface area contributed by atoms with E-state index in [1.807, 2.05) is 6.92 Å². The van der Waals surface area contributed by atoms with Crippen LogP contribution < -0.4 is 10.1 Å². The quantitative estimate of drug-likeness (QED) is 0.532. The van der Waals surface area contributed by atoms with Crippen molar-refractivity contribution in [1.29, 1.82) is 0 Å². The van der Waals surface area contributed by atoms with Crippen molar-refractivity contribution in [2.75, 3.05) is 11.1 Å². The average molecular weight is 382 g/mol. The van der Waals surface area contributed by atoms with Gasteiger partial charge in [-0.05, 0) is 24.6 Å². The van der Waals surface area contributed by atoms with E-state index in [9.17, 15) is 23.7 Å². The number of non-ortho nitro benzene ring substituents is 1. The summed E-state index contributed by atoms with van der Waals surface area (Å²) in [6, 6.07) is 12.1. The van der Waals surface area contributed by atoms with Crippen molar-refractivity contribution in [3.8, 4) is 5.75 Å². The first-order valence-electron chi connectivity index (χ1n) is 7.56. The predicted molar refractivity (Wildman–Crippen MR) is 95.7 cm³/mol. The number of rotatable bonds is 8. The molecule has 6 nitrogen and oxygen atoms in total. The lowest BCUT2D eigenvalue weighted by Gasteiger charge is -2.13. The first-order chi connectivity index (χ1) is 12.4. The molecule has 0 saturated carbocycles. The Hall–Kier alpha value is -2.68. The van der Waals surface area contributed by atoms with E-state index in [4.69, 9.17) is 0 Å². The van der Waals surface area contributed by atoms with Gasteiger partial charge in [-0.2, -0.15) is 8.78 Å². The van der Waals surface area contributed by atoms with Gasteiger partial charge in [-0.25, -0.2) is 0 Å². The fourth-order valence-electron chi connectivity index (χ4n) is 2.14. The molecule has 2 rings (SSSR count). The van der Waals surface area contributed by atoms with Crippen LogP contribution in [0.5, 0.6) is 5.75 Å². The van der Waals surface area contributed by atoms with Gasteiger partial charge < -0.3 is 10.1 Å². The number of hydrogen-bond acceptors (Lipinski definition) is 5. The smallest absolute Gasteiger partial charge is 0.387 e. The summed E-state index contributed by atoms with van der Waals surface area (Å²) in [7, 11) is 0. The van der Waals surface area contributed by atoms with Crippen molar-refractivity contribution >= 4 is 29.0 Å². The lowest BCUT2D eigenvalue weighted by Crippen LogP contribution is -2.16. The summed E-state index contributed by atoms with van der Waals surface area (Å²) in [5.41, 5.74) is 0.859. The van der Waals surface area contributed by atoms with E-state index in [0.717, 1.165) is 5.56 Å². The largest absolute Gasteiger partial charge is 0.433 e. The highest BCUT2D eigenvalue weighted by Crippen LogP contribution is 2.31. The SMILES string of the molecule is C[C@@H](SCC(=O)Nc1ccccc1OC(F)F)c1cccc([N+](=O)[O-])c1. The van der Waals surface area contributed by atoms with Gasteiger partial charge in [-0.3, -0.25) is 14.9 Å². The number of anilines is 1. The second kappa shape index (κ2) is 9.14. The highest BCUT2D eigenvalue weighted by atomic mass is 32.2. The maximum absolute atomic E-state index is 12.4. The third kappa shape index (κ3) is 5.69. The van der Waals surface area contributed by atoms with Crippen molar-refractivity contribution < 1.29 is 23.2 Å². The van der Waals surface area contributed by atoms with Gasteiger partial charge in [-0.1, -0.05) is 24.3 Å². The Morgan fingerprint density at radius 2 is 2.00 bits per heavy atom. The van der Waals surface area contributed by atoms with Gasteiger partial charge in [0, 0.05) is 17.4 Å². The molecule has 0 saturated heterocycles. The predicted octanol–water partition coefficient (Wildman–Crippen LogP) is 4.63. The number of benzene rings is 2. The molecule has 0 radical (unpaired) electrons. The molecule has 9 heteroatoms. The number of amides is 1. The number of nitrogens with zero attached hydrogens (tertiary/aromatic N) is 1. The number of alkyl halides is 2. The van der Waals surface area contributed by atoms with Crippen LogP contribution in [0.1, 0.15) is 17.7 Å². The number of nitrogens with one attached hydrogen (secondary N) is 1. The monoisotopic (exact) mass is 382 g/mol. The number of nitro benzene ring substituents is 1. The van der Waals surface area contributed by atoms with Crippen LogP contribution in [0, 0.1) is 10.1 Å². The van der Waals surface area contributed by atoms with Crippen molar-refractivity contribution in [2.24, 2.45) is 0 Å². The van der Waals surface area contributed by atoms with Gasteiger partial charge in [0.15, 0.2) is 0 Å². The number of carbonyl (C=O) groups is 1. The summed E-state index contributed by atoms with van der Waals surface area (Å²) in [6.07, 6.45) is 0.